The van der Waals surface area contributed by atoms with Crippen LogP contribution in [0.5, 0.6) is 0 Å². The Morgan fingerprint density at radius 2 is 1.43 bits per heavy atom. The Bertz CT molecular complexity index is 1820. The Labute approximate surface area is 301 Å². The van der Waals surface area contributed by atoms with E-state index in [2.05, 4.69) is 45.1 Å². The lowest BCUT2D eigenvalue weighted by atomic mass is 10.1. The van der Waals surface area contributed by atoms with Crippen LogP contribution in [0, 0.1) is 0 Å². The lowest BCUT2D eigenvalue weighted by Gasteiger charge is -2.11. The molecular formula is C39H51N9O3. The van der Waals surface area contributed by atoms with Crippen LogP contribution in [0.3, 0.4) is 0 Å². The van der Waals surface area contributed by atoms with Gasteiger partial charge in [-0.3, -0.25) is 24.4 Å². The van der Waals surface area contributed by atoms with Crippen LogP contribution < -0.4 is 26.2 Å². The molecule has 3 amide bonds. The summed E-state index contributed by atoms with van der Waals surface area (Å²) in [5.74, 6) is -0.0481. The molecule has 270 valence electrons. The Hall–Kier alpha value is -5.65. The Kier molecular flexibility index (Phi) is 14.2. The number of unbranched alkanes of at least 4 members (excludes halogenated alkanes) is 2. The van der Waals surface area contributed by atoms with Crippen LogP contribution in [-0.4, -0.2) is 71.4 Å². The maximum atomic E-state index is 13.2. The number of aliphatic imine (C=N–C) groups is 1. The fraction of sp³-hybridized carbons (Fsp3) is 0.359. The zero-order valence-corrected chi connectivity index (χ0v) is 30.6. The second kappa shape index (κ2) is 18.9. The molecule has 0 spiro atoms. The molecule has 1 aromatic carbocycles. The first-order valence-corrected chi connectivity index (χ1v) is 17.5. The van der Waals surface area contributed by atoms with Gasteiger partial charge in [-0.25, -0.2) is 0 Å². The summed E-state index contributed by atoms with van der Waals surface area (Å²) in [6.07, 6.45) is 13.6. The van der Waals surface area contributed by atoms with Gasteiger partial charge in [-0.1, -0.05) is 44.9 Å². The zero-order chi connectivity index (χ0) is 36.8. The lowest BCUT2D eigenvalue weighted by molar-refractivity contribution is 0.0945. The van der Waals surface area contributed by atoms with Crippen LogP contribution in [0.15, 0.2) is 72.1 Å². The largest absolute Gasteiger partial charge is 0.378 e. The third kappa shape index (κ3) is 11.4. The number of anilines is 3. The van der Waals surface area contributed by atoms with Gasteiger partial charge in [-0.2, -0.15) is 0 Å². The van der Waals surface area contributed by atoms with E-state index in [0.29, 0.717) is 41.3 Å². The summed E-state index contributed by atoms with van der Waals surface area (Å²) in [7, 11) is 7.48. The molecule has 3 heterocycles. The van der Waals surface area contributed by atoms with Gasteiger partial charge in [0, 0.05) is 78.5 Å². The van der Waals surface area contributed by atoms with E-state index in [0.717, 1.165) is 61.6 Å². The van der Waals surface area contributed by atoms with Gasteiger partial charge in [0.05, 0.1) is 28.5 Å². The Morgan fingerprint density at radius 3 is 2.04 bits per heavy atom. The van der Waals surface area contributed by atoms with Crippen LogP contribution in [0.25, 0.3) is 12.2 Å². The number of hydrogen-bond donors (Lipinski definition) is 4. The van der Waals surface area contributed by atoms with Gasteiger partial charge in [0.2, 0.25) is 0 Å². The second-order valence-electron chi connectivity index (χ2n) is 12.6. The van der Waals surface area contributed by atoms with Crippen LogP contribution in [-0.2, 0) is 14.1 Å². The van der Waals surface area contributed by atoms with E-state index >= 15 is 0 Å². The van der Waals surface area contributed by atoms with Crippen molar-refractivity contribution in [1.82, 2.24) is 24.8 Å². The molecule has 0 bridgehead atoms. The maximum absolute atomic E-state index is 13.2. The summed E-state index contributed by atoms with van der Waals surface area (Å²) in [5.41, 5.74) is 4.98. The monoisotopic (exact) mass is 693 g/mol. The topological polar surface area (TPSA) is 138 Å². The molecule has 0 saturated carbocycles. The number of carbonyl (C=O) groups excluding carboxylic acids is 3. The van der Waals surface area contributed by atoms with Gasteiger partial charge >= 0.3 is 0 Å². The smallest absolute Gasteiger partial charge is 0.272 e. The van der Waals surface area contributed by atoms with Gasteiger partial charge in [-0.05, 0) is 60.9 Å². The number of amides is 3. The molecule has 0 atom stereocenters. The number of benzene rings is 1. The zero-order valence-electron chi connectivity index (χ0n) is 30.6. The van der Waals surface area contributed by atoms with Gasteiger partial charge in [0.25, 0.3) is 17.7 Å². The first-order chi connectivity index (χ1) is 24.6. The van der Waals surface area contributed by atoms with Crippen molar-refractivity contribution in [3.63, 3.8) is 0 Å². The van der Waals surface area contributed by atoms with E-state index in [9.17, 15) is 14.4 Å². The molecule has 0 aliphatic carbocycles. The first-order valence-electron chi connectivity index (χ1n) is 17.5. The molecular weight excluding hydrogens is 642 g/mol. The summed E-state index contributed by atoms with van der Waals surface area (Å²) in [6.45, 7) is 6.36. The Morgan fingerprint density at radius 1 is 0.784 bits per heavy atom. The molecule has 0 fully saturated rings. The molecule has 4 aromatic rings. The fourth-order valence-corrected chi connectivity index (χ4v) is 5.21. The van der Waals surface area contributed by atoms with E-state index in [1.165, 1.54) is 6.20 Å². The summed E-state index contributed by atoms with van der Waals surface area (Å²) in [4.78, 5) is 50.3. The fourth-order valence-electron chi connectivity index (χ4n) is 5.21. The van der Waals surface area contributed by atoms with E-state index in [4.69, 9.17) is 0 Å². The van der Waals surface area contributed by atoms with Crippen molar-refractivity contribution in [3.05, 3.63) is 95.3 Å². The van der Waals surface area contributed by atoms with Crippen molar-refractivity contribution in [2.45, 2.75) is 46.0 Å². The van der Waals surface area contributed by atoms with Crippen molar-refractivity contribution < 1.29 is 14.4 Å². The van der Waals surface area contributed by atoms with Crippen molar-refractivity contribution in [2.24, 2.45) is 19.1 Å². The Balaban J connectivity index is 1.30. The number of nitrogens with one attached hydrogen (secondary N) is 4. The molecule has 0 radical (unpaired) electrons. The summed E-state index contributed by atoms with van der Waals surface area (Å²) in [5, 5.41) is 12.1. The van der Waals surface area contributed by atoms with Crippen LogP contribution >= 0.6 is 0 Å². The van der Waals surface area contributed by atoms with E-state index in [-0.39, 0.29) is 17.7 Å². The minimum Gasteiger partial charge on any atom is -0.378 e. The van der Waals surface area contributed by atoms with Crippen molar-refractivity contribution in [2.75, 3.05) is 49.3 Å². The number of pyridine rings is 1. The maximum Gasteiger partial charge on any atom is 0.272 e. The van der Waals surface area contributed by atoms with Gasteiger partial charge in [0.1, 0.15) is 11.4 Å². The normalized spacial score (nSPS) is 11.5. The molecule has 12 nitrogen and oxygen atoms in total. The minimum atomic E-state index is -0.379. The van der Waals surface area contributed by atoms with Crippen molar-refractivity contribution in [1.29, 1.82) is 0 Å². The second-order valence-corrected chi connectivity index (χ2v) is 12.6. The number of hydrogen-bond acceptors (Lipinski definition) is 6. The molecule has 0 saturated heterocycles. The van der Waals surface area contributed by atoms with Crippen LogP contribution in [0.4, 0.5) is 17.1 Å². The third-order valence-corrected chi connectivity index (χ3v) is 8.22. The standard InChI is InChI=1S/C39H51N9O3/c1-7-9-20-40-36(41-21-10-8-2)19-22-42-38(50)34-23-32(27-47(34)5)45-39(51)35-24-31(26-48(35)6)44-37(49)29-14-16-30(43-25-29)15-11-28-12-17-33(18-13-28)46(3)4/h11-18,23-27H,7-10,19-22H2,1-6H3,(H,40,41)(H,42,50)(H,44,49)(H,45,51)/b15-11+. The lowest BCUT2D eigenvalue weighted by Crippen LogP contribution is -2.32. The number of carbonyl (C=O) groups is 3. The van der Waals surface area contributed by atoms with Crippen LogP contribution in [0.2, 0.25) is 0 Å². The first kappa shape index (κ1) is 38.2. The predicted octanol–water partition coefficient (Wildman–Crippen LogP) is 6.21. The molecule has 51 heavy (non-hydrogen) atoms. The SMILES string of the molecule is CCCCN=C(CCNC(=O)c1cc(NC(=O)c2cc(NC(=O)c3ccc(/C=C/c4ccc(N(C)C)cc4)nc3)cn2C)cn1C)NCCCC. The molecule has 0 aliphatic rings. The number of aryl methyl sites for hydroxylation is 2. The van der Waals surface area contributed by atoms with E-state index < -0.39 is 0 Å². The number of nitrogens with zero attached hydrogens (tertiary/aromatic N) is 5. The highest BCUT2D eigenvalue weighted by atomic mass is 16.2. The van der Waals surface area contributed by atoms with E-state index in [1.807, 2.05) is 55.4 Å². The number of amidine groups is 1. The third-order valence-electron chi connectivity index (χ3n) is 8.22. The van der Waals surface area contributed by atoms with Gasteiger partial charge < -0.3 is 35.3 Å². The summed E-state index contributed by atoms with van der Waals surface area (Å²) in [6, 6.07) is 14.9. The average Bonchev–Trinajstić information content (AvgIpc) is 3.68. The molecule has 3 aromatic heterocycles. The number of rotatable bonds is 17. The highest BCUT2D eigenvalue weighted by molar-refractivity contribution is 6.07. The van der Waals surface area contributed by atoms with Crippen LogP contribution in [0.1, 0.15) is 88.5 Å². The molecule has 4 N–H and O–H groups in total. The molecule has 0 unspecified atom stereocenters. The highest BCUT2D eigenvalue weighted by Gasteiger charge is 2.17. The number of aromatic nitrogens is 3. The van der Waals surface area contributed by atoms with Crippen molar-refractivity contribution >= 4 is 52.8 Å². The predicted molar refractivity (Wildman–Crippen MR) is 208 cm³/mol. The highest BCUT2D eigenvalue weighted by Crippen LogP contribution is 2.19. The van der Waals surface area contributed by atoms with E-state index in [1.54, 1.807) is 59.9 Å². The average molecular weight is 694 g/mol. The van der Waals surface area contributed by atoms with Gasteiger partial charge in [-0.15, -0.1) is 0 Å². The minimum absolute atomic E-state index is 0.239. The quantitative estimate of drug-likeness (QED) is 0.0590. The van der Waals surface area contributed by atoms with Crippen molar-refractivity contribution in [3.8, 4) is 0 Å². The summed E-state index contributed by atoms with van der Waals surface area (Å²) < 4.78 is 3.31. The molecule has 4 rings (SSSR count). The molecule has 0 aliphatic heterocycles. The molecule has 12 heteroatoms. The van der Waals surface area contributed by atoms with Gasteiger partial charge in [0.15, 0.2) is 0 Å². The summed E-state index contributed by atoms with van der Waals surface area (Å²) >= 11 is 0.